The quantitative estimate of drug-likeness (QED) is 0.404. The number of aromatic nitrogens is 7. The van der Waals surface area contributed by atoms with Crippen molar-refractivity contribution in [1.82, 2.24) is 34.1 Å². The van der Waals surface area contributed by atoms with Crippen molar-refractivity contribution in [3.63, 3.8) is 0 Å². The number of nitrogens with one attached hydrogen (secondary N) is 1. The van der Waals surface area contributed by atoms with Crippen LogP contribution in [0.25, 0.3) is 45.3 Å². The standard InChI is InChI=1S/C23H15ClFN7O/c1-33-20-14(24)4-2-6-18(20)32-23(22-26-11-19-15(25)5-3-9-31(19)22)29-21(30-32)13-7-8-16-17(10-13)28-12-27-16/h2-12H,1H3,(H,27,28). The Labute approximate surface area is 191 Å². The monoisotopic (exact) mass is 459 g/mol. The Hall–Kier alpha value is -4.24. The number of methoxy groups -OCH3 is 1. The van der Waals surface area contributed by atoms with Crippen LogP contribution in [0.1, 0.15) is 0 Å². The number of hydrogen-bond donors (Lipinski definition) is 1. The Bertz CT molecular complexity index is 1650. The van der Waals surface area contributed by atoms with Gasteiger partial charge in [-0.15, -0.1) is 5.10 Å². The molecule has 0 saturated heterocycles. The first-order valence-corrected chi connectivity index (χ1v) is 10.4. The molecule has 0 aliphatic heterocycles. The van der Waals surface area contributed by atoms with E-state index in [1.54, 1.807) is 39.8 Å². The van der Waals surface area contributed by atoms with Gasteiger partial charge < -0.3 is 9.72 Å². The van der Waals surface area contributed by atoms with Gasteiger partial charge in [0.25, 0.3) is 0 Å². The van der Waals surface area contributed by atoms with Crippen molar-refractivity contribution in [1.29, 1.82) is 0 Å². The molecule has 0 unspecified atom stereocenters. The maximum Gasteiger partial charge on any atom is 0.200 e. The number of nitrogens with zero attached hydrogens (tertiary/aromatic N) is 6. The van der Waals surface area contributed by atoms with Gasteiger partial charge in [-0.25, -0.2) is 24.0 Å². The summed E-state index contributed by atoms with van der Waals surface area (Å²) in [4.78, 5) is 16.6. The van der Waals surface area contributed by atoms with E-state index in [0.29, 0.717) is 39.4 Å². The number of ether oxygens (including phenoxy) is 1. The third-order valence-corrected chi connectivity index (χ3v) is 5.68. The Morgan fingerprint density at radius 3 is 2.85 bits per heavy atom. The smallest absolute Gasteiger partial charge is 0.200 e. The summed E-state index contributed by atoms with van der Waals surface area (Å²) in [6.45, 7) is 0. The normalized spacial score (nSPS) is 11.5. The number of para-hydroxylation sites is 1. The molecule has 4 aromatic heterocycles. The summed E-state index contributed by atoms with van der Waals surface area (Å²) in [5, 5.41) is 5.19. The first kappa shape index (κ1) is 19.4. The summed E-state index contributed by atoms with van der Waals surface area (Å²) < 4.78 is 23.1. The van der Waals surface area contributed by atoms with E-state index in [9.17, 15) is 4.39 Å². The highest BCUT2D eigenvalue weighted by Gasteiger charge is 2.22. The van der Waals surface area contributed by atoms with Crippen LogP contribution in [-0.2, 0) is 0 Å². The molecule has 0 saturated carbocycles. The predicted molar refractivity (Wildman–Crippen MR) is 122 cm³/mol. The van der Waals surface area contributed by atoms with Crippen LogP contribution in [0.4, 0.5) is 4.39 Å². The molecule has 0 aliphatic rings. The second kappa shape index (κ2) is 7.42. The fraction of sp³-hybridized carbons (Fsp3) is 0.0435. The van der Waals surface area contributed by atoms with E-state index in [4.69, 9.17) is 26.4 Å². The van der Waals surface area contributed by atoms with Crippen LogP contribution in [0.2, 0.25) is 5.02 Å². The van der Waals surface area contributed by atoms with Crippen LogP contribution >= 0.6 is 11.6 Å². The third kappa shape index (κ3) is 3.05. The van der Waals surface area contributed by atoms with Crippen molar-refractivity contribution in [2.45, 2.75) is 0 Å². The van der Waals surface area contributed by atoms with Gasteiger partial charge in [-0.1, -0.05) is 17.7 Å². The van der Waals surface area contributed by atoms with E-state index in [0.717, 1.165) is 16.6 Å². The van der Waals surface area contributed by atoms with Crippen LogP contribution in [0, 0.1) is 5.82 Å². The molecular formula is C23H15ClFN7O. The van der Waals surface area contributed by atoms with Gasteiger partial charge in [-0.2, -0.15) is 0 Å². The summed E-state index contributed by atoms with van der Waals surface area (Å²) >= 11 is 6.38. The molecule has 0 spiro atoms. The molecule has 4 heterocycles. The van der Waals surface area contributed by atoms with Crippen molar-refractivity contribution in [2.24, 2.45) is 0 Å². The van der Waals surface area contributed by atoms with Crippen molar-refractivity contribution >= 4 is 28.2 Å². The minimum absolute atomic E-state index is 0.334. The number of H-pyrrole nitrogens is 1. The summed E-state index contributed by atoms with van der Waals surface area (Å²) in [7, 11) is 1.54. The maximum absolute atomic E-state index is 14.3. The van der Waals surface area contributed by atoms with Gasteiger partial charge in [0.1, 0.15) is 17.0 Å². The molecule has 6 aromatic rings. The van der Waals surface area contributed by atoms with Crippen molar-refractivity contribution in [3.8, 4) is 34.5 Å². The predicted octanol–water partition coefficient (Wildman–Crippen LogP) is 4.93. The molecule has 162 valence electrons. The topological polar surface area (TPSA) is 85.9 Å². The molecule has 6 rings (SSSR count). The van der Waals surface area contributed by atoms with Gasteiger partial charge in [0.2, 0.25) is 0 Å². The molecule has 0 radical (unpaired) electrons. The van der Waals surface area contributed by atoms with Gasteiger partial charge in [0.05, 0.1) is 35.7 Å². The molecule has 33 heavy (non-hydrogen) atoms. The lowest BCUT2D eigenvalue weighted by Crippen LogP contribution is -2.04. The van der Waals surface area contributed by atoms with Crippen molar-refractivity contribution < 1.29 is 9.13 Å². The van der Waals surface area contributed by atoms with Crippen LogP contribution < -0.4 is 4.74 Å². The summed E-state index contributed by atoms with van der Waals surface area (Å²) in [5.74, 6) is 1.34. The first-order chi connectivity index (χ1) is 16.1. The van der Waals surface area contributed by atoms with Gasteiger partial charge >= 0.3 is 0 Å². The number of aromatic amines is 1. The number of benzene rings is 2. The SMILES string of the molecule is COc1c(Cl)cccc1-n1nc(-c2ccc3nc[nH]c3c2)nc1-c1ncc2c(F)cccn12. The largest absolute Gasteiger partial charge is 0.493 e. The molecule has 10 heteroatoms. The van der Waals surface area contributed by atoms with E-state index in [2.05, 4.69) is 15.0 Å². The summed E-state index contributed by atoms with van der Waals surface area (Å²) in [6.07, 6.45) is 4.83. The number of hydrogen-bond acceptors (Lipinski definition) is 5. The van der Waals surface area contributed by atoms with E-state index >= 15 is 0 Å². The van der Waals surface area contributed by atoms with Gasteiger partial charge in [-0.3, -0.25) is 4.40 Å². The lowest BCUT2D eigenvalue weighted by atomic mass is 10.2. The maximum atomic E-state index is 14.3. The van der Waals surface area contributed by atoms with Crippen LogP contribution in [-0.4, -0.2) is 41.2 Å². The lowest BCUT2D eigenvalue weighted by molar-refractivity contribution is 0.412. The number of imidazole rings is 2. The minimum atomic E-state index is -0.382. The van der Waals surface area contributed by atoms with E-state index in [1.165, 1.54) is 19.4 Å². The zero-order valence-corrected chi connectivity index (χ0v) is 18.0. The number of pyridine rings is 1. The van der Waals surface area contributed by atoms with Gasteiger partial charge in [-0.05, 0) is 42.5 Å². The highest BCUT2D eigenvalue weighted by molar-refractivity contribution is 6.32. The third-order valence-electron chi connectivity index (χ3n) is 5.38. The first-order valence-electron chi connectivity index (χ1n) is 9.99. The fourth-order valence-electron chi connectivity index (χ4n) is 3.84. The minimum Gasteiger partial charge on any atom is -0.493 e. The summed E-state index contributed by atoms with van der Waals surface area (Å²) in [6, 6.07) is 14.1. The number of rotatable bonds is 4. The Balaban J connectivity index is 1.63. The van der Waals surface area contributed by atoms with Crippen LogP contribution in [0.15, 0.2) is 67.3 Å². The molecular weight excluding hydrogens is 445 g/mol. The van der Waals surface area contributed by atoms with Crippen LogP contribution in [0.3, 0.4) is 0 Å². The lowest BCUT2D eigenvalue weighted by Gasteiger charge is -2.11. The molecule has 0 amide bonds. The molecule has 2 aromatic carbocycles. The molecule has 1 N–H and O–H groups in total. The highest BCUT2D eigenvalue weighted by atomic mass is 35.5. The van der Waals surface area contributed by atoms with E-state index < -0.39 is 0 Å². The average Bonchev–Trinajstić information content (AvgIpc) is 3.56. The molecule has 8 nitrogen and oxygen atoms in total. The van der Waals surface area contributed by atoms with Crippen LogP contribution in [0.5, 0.6) is 5.75 Å². The molecule has 0 atom stereocenters. The second-order valence-corrected chi connectivity index (χ2v) is 7.70. The fourth-order valence-corrected chi connectivity index (χ4v) is 4.09. The molecule has 0 aliphatic carbocycles. The second-order valence-electron chi connectivity index (χ2n) is 7.29. The summed E-state index contributed by atoms with van der Waals surface area (Å²) in [5.41, 5.74) is 3.39. The van der Waals surface area contributed by atoms with E-state index in [1.807, 2.05) is 24.3 Å². The zero-order chi connectivity index (χ0) is 22.5. The van der Waals surface area contributed by atoms with E-state index in [-0.39, 0.29) is 5.82 Å². The van der Waals surface area contributed by atoms with Crippen molar-refractivity contribution in [2.75, 3.05) is 7.11 Å². The molecule has 0 fully saturated rings. The zero-order valence-electron chi connectivity index (χ0n) is 17.2. The Morgan fingerprint density at radius 1 is 1.06 bits per heavy atom. The Kier molecular flexibility index (Phi) is 4.37. The highest BCUT2D eigenvalue weighted by Crippen LogP contribution is 2.34. The molecule has 0 bridgehead atoms. The Morgan fingerprint density at radius 2 is 1.97 bits per heavy atom. The number of halogens is 2. The number of fused-ring (bicyclic) bond motifs is 2. The van der Waals surface area contributed by atoms with Gasteiger partial charge in [0.15, 0.2) is 23.2 Å². The van der Waals surface area contributed by atoms with Crippen molar-refractivity contribution in [3.05, 3.63) is 78.1 Å². The average molecular weight is 460 g/mol. The van der Waals surface area contributed by atoms with Gasteiger partial charge in [0, 0.05) is 11.8 Å².